The van der Waals surface area contributed by atoms with Gasteiger partial charge in [0.25, 0.3) is 11.4 Å². The van der Waals surface area contributed by atoms with Crippen LogP contribution in [0.4, 0.5) is 36.4 Å². The average Bonchev–Trinajstić information content (AvgIpc) is 2.86. The van der Waals surface area contributed by atoms with E-state index in [4.69, 9.17) is 13.1 Å². The summed E-state index contributed by atoms with van der Waals surface area (Å²) in [6.45, 7) is 15.2. The molecule has 0 heterocycles. The Morgan fingerprint density at radius 3 is 1.95 bits per heavy atom. The number of hydrogen-bond donors (Lipinski definition) is 0. The fourth-order valence-electron chi connectivity index (χ4n) is 3.60. The predicted octanol–water partition coefficient (Wildman–Crippen LogP) is 6.06. The van der Waals surface area contributed by atoms with E-state index in [-0.39, 0.29) is 10.8 Å². The zero-order valence-corrected chi connectivity index (χ0v) is 18.4. The summed E-state index contributed by atoms with van der Waals surface area (Å²) >= 11 is 0. The second-order valence-electron chi connectivity index (χ2n) is 7.46. The molecule has 0 amide bonds. The monoisotopic (exact) mass is 510 g/mol. The van der Waals surface area contributed by atoms with Gasteiger partial charge in [0.2, 0.25) is 0 Å². The van der Waals surface area contributed by atoms with Crippen molar-refractivity contribution in [3.8, 4) is 23.3 Å². The van der Waals surface area contributed by atoms with E-state index < -0.39 is 73.9 Å². The molecule has 182 valence electrons. The lowest BCUT2D eigenvalue weighted by atomic mass is 9.91. The minimum atomic E-state index is -4.95. The van der Waals surface area contributed by atoms with Gasteiger partial charge < -0.3 is 0 Å². The first kappa shape index (κ1) is 26.5. The Labute approximate surface area is 204 Å². The lowest BCUT2D eigenvalue weighted by Gasteiger charge is -2.16. The Hall–Kier alpha value is -5.13. The summed E-state index contributed by atoms with van der Waals surface area (Å²) in [6.07, 6.45) is -4.95. The molecule has 0 atom stereocenters. The van der Waals surface area contributed by atoms with Crippen LogP contribution in [0, 0.1) is 66.0 Å². The molecule has 0 radical (unpaired) electrons. The molecule has 0 aliphatic heterocycles. The summed E-state index contributed by atoms with van der Waals surface area (Å²) in [5.41, 5.74) is -6.87. The van der Waals surface area contributed by atoms with Crippen LogP contribution in [-0.2, 0) is 6.18 Å². The van der Waals surface area contributed by atoms with Crippen LogP contribution >= 0.6 is 0 Å². The van der Waals surface area contributed by atoms with Crippen LogP contribution < -0.4 is 10.4 Å². The molecule has 0 aliphatic rings. The molecular weight excluding hydrogens is 501 g/mol. The van der Waals surface area contributed by atoms with Crippen molar-refractivity contribution >= 4 is 17.0 Å². The largest absolute Gasteiger partial charge is 0.417 e. The van der Waals surface area contributed by atoms with Crippen molar-refractivity contribution in [1.29, 1.82) is 10.5 Å². The summed E-state index contributed by atoms with van der Waals surface area (Å²) in [5.74, 6) is -8.37. The molecule has 0 spiro atoms. The van der Waals surface area contributed by atoms with Gasteiger partial charge in [-0.25, -0.2) is 32.5 Å². The summed E-state index contributed by atoms with van der Waals surface area (Å²) < 4.78 is 100. The highest BCUT2D eigenvalue weighted by Gasteiger charge is 2.34. The van der Waals surface area contributed by atoms with Gasteiger partial charge >= 0.3 is 6.18 Å². The number of nitrogens with zero attached hydrogens (tertiary/aromatic N) is 4. The second-order valence-corrected chi connectivity index (χ2v) is 7.46. The highest BCUT2D eigenvalue weighted by Crippen LogP contribution is 2.37. The topological polar surface area (TPSA) is 56.3 Å². The highest BCUT2D eigenvalue weighted by molar-refractivity contribution is 5.84. The number of alkyl halides is 3. The van der Waals surface area contributed by atoms with Gasteiger partial charge in [-0.1, -0.05) is 35.9 Å². The van der Waals surface area contributed by atoms with Crippen LogP contribution in [0.1, 0.15) is 16.7 Å². The minimum Gasteiger partial charge on any atom is -0.232 e. The number of halogens is 7. The molecule has 0 aliphatic carbocycles. The Morgan fingerprint density at radius 2 is 1.46 bits per heavy atom. The molecule has 37 heavy (non-hydrogen) atoms. The van der Waals surface area contributed by atoms with Crippen LogP contribution in [0.5, 0.6) is 0 Å². The van der Waals surface area contributed by atoms with Gasteiger partial charge in [-0.3, -0.25) is 0 Å². The molecule has 3 rings (SSSR count). The van der Waals surface area contributed by atoms with E-state index in [1.807, 2.05) is 0 Å². The van der Waals surface area contributed by atoms with E-state index >= 15 is 0 Å². The number of rotatable bonds is 2. The van der Waals surface area contributed by atoms with Crippen LogP contribution in [0.15, 0.2) is 36.4 Å². The van der Waals surface area contributed by atoms with Crippen molar-refractivity contribution in [2.45, 2.75) is 13.1 Å². The SMILES string of the molecule is [C-]#[N+]/C(C#N)=c1\cc/c(=C(/C#N)c2c(F)c(F)c([N+]#[C-])c(F)c2F)c(-c2ccc(C)cc2C(F)(F)F)c1. The van der Waals surface area contributed by atoms with Gasteiger partial charge in [-0.2, -0.15) is 18.4 Å². The van der Waals surface area contributed by atoms with E-state index in [0.717, 1.165) is 30.3 Å². The molecule has 4 nitrogen and oxygen atoms in total. The Bertz CT molecular complexity index is 1710. The van der Waals surface area contributed by atoms with E-state index in [2.05, 4.69) is 9.69 Å². The molecule has 0 bridgehead atoms. The Kier molecular flexibility index (Phi) is 7.05. The van der Waals surface area contributed by atoms with E-state index in [1.165, 1.54) is 19.1 Å². The molecule has 0 aromatic heterocycles. The molecule has 0 N–H and O–H groups in total. The average molecular weight is 510 g/mol. The van der Waals surface area contributed by atoms with Gasteiger partial charge in [0.15, 0.2) is 23.3 Å². The molecule has 3 aromatic rings. The van der Waals surface area contributed by atoms with Gasteiger partial charge in [0.05, 0.1) is 35.9 Å². The van der Waals surface area contributed by atoms with Crippen LogP contribution in [0.25, 0.3) is 32.1 Å². The molecule has 0 saturated carbocycles. The fourth-order valence-corrected chi connectivity index (χ4v) is 3.60. The maximum absolute atomic E-state index is 14.8. The number of hydrogen-bond acceptors (Lipinski definition) is 2. The first-order valence-corrected chi connectivity index (χ1v) is 9.89. The molecule has 11 heteroatoms. The van der Waals surface area contributed by atoms with Crippen molar-refractivity contribution in [1.82, 2.24) is 0 Å². The second kappa shape index (κ2) is 9.85. The third-order valence-electron chi connectivity index (χ3n) is 5.26. The predicted molar refractivity (Wildman–Crippen MR) is 117 cm³/mol. The number of benzene rings is 3. The van der Waals surface area contributed by atoms with Crippen LogP contribution in [-0.4, -0.2) is 0 Å². The summed E-state index contributed by atoms with van der Waals surface area (Å²) in [6, 6.07) is 8.87. The standard InChI is InChI=1S/C26H9F7N4/c1-12-4-6-15(18(8-12)26(31,32)33)16-9-13(19(11-35)36-2)5-7-14(16)17(10-34)20-21(27)23(29)25(37-3)24(30)22(20)28/h4-9H,1H3/b17-14+,19-13+. The molecule has 0 saturated heterocycles. The lowest BCUT2D eigenvalue weighted by Crippen LogP contribution is -2.20. The quantitative estimate of drug-likeness (QED) is 0.239. The summed E-state index contributed by atoms with van der Waals surface area (Å²) in [5, 5.41) is 18.2. The van der Waals surface area contributed by atoms with Crippen LogP contribution in [0.2, 0.25) is 0 Å². The van der Waals surface area contributed by atoms with Crippen molar-refractivity contribution in [2.24, 2.45) is 0 Å². The van der Waals surface area contributed by atoms with Gasteiger partial charge in [0, 0.05) is 5.22 Å². The highest BCUT2D eigenvalue weighted by atomic mass is 19.4. The van der Waals surface area contributed by atoms with Crippen molar-refractivity contribution in [2.75, 3.05) is 0 Å². The molecule has 3 aromatic carbocycles. The smallest absolute Gasteiger partial charge is 0.232 e. The number of nitriles is 2. The Balaban J connectivity index is 2.69. The molecule has 0 unspecified atom stereocenters. The minimum absolute atomic E-state index is 0.177. The van der Waals surface area contributed by atoms with Gasteiger partial charge in [0.1, 0.15) is 6.07 Å². The lowest BCUT2D eigenvalue weighted by molar-refractivity contribution is -0.137. The molecule has 0 fully saturated rings. The molecular formula is C26H9F7N4. The summed E-state index contributed by atoms with van der Waals surface area (Å²) in [4.78, 5) is 5.38. The van der Waals surface area contributed by atoms with E-state index in [1.54, 1.807) is 6.07 Å². The van der Waals surface area contributed by atoms with Crippen molar-refractivity contribution in [3.63, 3.8) is 0 Å². The zero-order chi connectivity index (χ0) is 27.7. The van der Waals surface area contributed by atoms with Gasteiger partial charge in [-0.05, 0) is 29.3 Å². The zero-order valence-electron chi connectivity index (χ0n) is 18.4. The van der Waals surface area contributed by atoms with Gasteiger partial charge in [-0.15, -0.1) is 0 Å². The van der Waals surface area contributed by atoms with Crippen molar-refractivity contribution < 1.29 is 30.7 Å². The maximum Gasteiger partial charge on any atom is 0.417 e. The first-order valence-electron chi connectivity index (χ1n) is 9.89. The third kappa shape index (κ3) is 4.59. The normalized spacial score (nSPS) is 12.5. The Morgan fingerprint density at radius 1 is 0.838 bits per heavy atom. The van der Waals surface area contributed by atoms with E-state index in [0.29, 0.717) is 0 Å². The maximum atomic E-state index is 14.8. The third-order valence-corrected chi connectivity index (χ3v) is 5.26. The van der Waals surface area contributed by atoms with Crippen LogP contribution in [0.3, 0.4) is 0 Å². The fraction of sp³-hybridized carbons (Fsp3) is 0.0769. The summed E-state index contributed by atoms with van der Waals surface area (Å²) in [7, 11) is 0. The number of aryl methyl sites for hydroxylation is 1. The van der Waals surface area contributed by atoms with E-state index in [9.17, 15) is 41.3 Å². The van der Waals surface area contributed by atoms with Crippen molar-refractivity contribution in [3.05, 3.63) is 110 Å². The first-order chi connectivity index (χ1) is 17.4.